The molecule has 0 heterocycles. The van der Waals surface area contributed by atoms with Gasteiger partial charge in [0.1, 0.15) is 5.75 Å². The van der Waals surface area contributed by atoms with E-state index in [1.807, 2.05) is 13.0 Å². The Labute approximate surface area is 118 Å². The third-order valence-corrected chi connectivity index (χ3v) is 2.76. The molecule has 0 aliphatic rings. The van der Waals surface area contributed by atoms with Crippen LogP contribution < -0.4 is 10.1 Å². The summed E-state index contributed by atoms with van der Waals surface area (Å²) in [5.41, 5.74) is 0.571. The van der Waals surface area contributed by atoms with Crippen molar-refractivity contribution in [2.45, 2.75) is 32.6 Å². The van der Waals surface area contributed by atoms with Crippen LogP contribution in [0, 0.1) is 0 Å². The maximum atomic E-state index is 11.9. The number of hydrogen-bond acceptors (Lipinski definition) is 3. The molecule has 0 spiro atoms. The maximum absolute atomic E-state index is 11.9. The fourth-order valence-electron chi connectivity index (χ4n) is 1.78. The third kappa shape index (κ3) is 6.22. The largest absolute Gasteiger partial charge is 0.494 e. The van der Waals surface area contributed by atoms with E-state index in [0.29, 0.717) is 30.9 Å². The minimum absolute atomic E-state index is 0.134. The summed E-state index contributed by atoms with van der Waals surface area (Å²) in [5, 5.41) is 11.3. The lowest BCUT2D eigenvalue weighted by molar-refractivity contribution is -0.137. The van der Waals surface area contributed by atoms with Gasteiger partial charge in [-0.25, -0.2) is 0 Å². The van der Waals surface area contributed by atoms with Gasteiger partial charge < -0.3 is 15.2 Å². The Morgan fingerprint density at radius 3 is 2.75 bits per heavy atom. The van der Waals surface area contributed by atoms with Gasteiger partial charge in [0.2, 0.25) is 0 Å². The summed E-state index contributed by atoms with van der Waals surface area (Å²) in [5.74, 6) is -0.229. The van der Waals surface area contributed by atoms with Gasteiger partial charge in [-0.3, -0.25) is 9.59 Å². The predicted molar refractivity (Wildman–Crippen MR) is 76.0 cm³/mol. The molecule has 1 aromatic rings. The number of carboxylic acid groups (broad SMARTS) is 1. The Morgan fingerprint density at radius 2 is 2.05 bits per heavy atom. The number of hydrogen-bond donors (Lipinski definition) is 2. The average molecular weight is 279 g/mol. The number of nitrogens with one attached hydrogen (secondary N) is 1. The van der Waals surface area contributed by atoms with E-state index in [0.717, 1.165) is 12.8 Å². The lowest BCUT2D eigenvalue weighted by Gasteiger charge is -2.07. The SMILES string of the molecule is CCOc1cccc(C(=O)NCCCCCC(=O)O)c1. The van der Waals surface area contributed by atoms with Gasteiger partial charge in [-0.1, -0.05) is 12.5 Å². The summed E-state index contributed by atoms with van der Waals surface area (Å²) in [7, 11) is 0. The summed E-state index contributed by atoms with van der Waals surface area (Å²) in [4.78, 5) is 22.2. The molecule has 0 aliphatic heterocycles. The van der Waals surface area contributed by atoms with Gasteiger partial charge in [-0.15, -0.1) is 0 Å². The van der Waals surface area contributed by atoms with Crippen molar-refractivity contribution in [3.8, 4) is 5.75 Å². The summed E-state index contributed by atoms with van der Waals surface area (Å²) >= 11 is 0. The molecule has 20 heavy (non-hydrogen) atoms. The number of unbranched alkanes of at least 4 members (excludes halogenated alkanes) is 2. The van der Waals surface area contributed by atoms with Crippen molar-refractivity contribution in [2.75, 3.05) is 13.2 Å². The second kappa shape index (κ2) is 8.96. The summed E-state index contributed by atoms with van der Waals surface area (Å²) < 4.78 is 5.34. The molecule has 1 aromatic carbocycles. The van der Waals surface area contributed by atoms with E-state index in [-0.39, 0.29) is 12.3 Å². The monoisotopic (exact) mass is 279 g/mol. The van der Waals surface area contributed by atoms with E-state index >= 15 is 0 Å². The molecule has 0 bridgehead atoms. The van der Waals surface area contributed by atoms with Crippen molar-refractivity contribution in [3.05, 3.63) is 29.8 Å². The molecular weight excluding hydrogens is 258 g/mol. The van der Waals surface area contributed by atoms with Crippen LogP contribution in [0.3, 0.4) is 0 Å². The second-order valence-electron chi connectivity index (χ2n) is 4.42. The highest BCUT2D eigenvalue weighted by Gasteiger charge is 2.06. The molecule has 2 N–H and O–H groups in total. The fourth-order valence-corrected chi connectivity index (χ4v) is 1.78. The molecule has 110 valence electrons. The lowest BCUT2D eigenvalue weighted by atomic mass is 10.1. The molecule has 5 nitrogen and oxygen atoms in total. The molecule has 0 saturated carbocycles. The molecule has 0 unspecified atom stereocenters. The quantitative estimate of drug-likeness (QED) is 0.681. The van der Waals surface area contributed by atoms with E-state index in [4.69, 9.17) is 9.84 Å². The third-order valence-electron chi connectivity index (χ3n) is 2.76. The second-order valence-corrected chi connectivity index (χ2v) is 4.42. The lowest BCUT2D eigenvalue weighted by Crippen LogP contribution is -2.24. The molecule has 0 fully saturated rings. The first-order chi connectivity index (χ1) is 9.63. The Hall–Kier alpha value is -2.04. The standard InChI is InChI=1S/C15H21NO4/c1-2-20-13-8-6-7-12(11-13)15(19)16-10-5-3-4-9-14(17)18/h6-8,11H,2-5,9-10H2,1H3,(H,16,19)(H,17,18). The maximum Gasteiger partial charge on any atom is 0.303 e. The van der Waals surface area contributed by atoms with Gasteiger partial charge in [-0.2, -0.15) is 0 Å². The van der Waals surface area contributed by atoms with Crippen molar-refractivity contribution >= 4 is 11.9 Å². The number of rotatable bonds is 9. The topological polar surface area (TPSA) is 75.6 Å². The number of aliphatic carboxylic acids is 1. The van der Waals surface area contributed by atoms with Crippen molar-refractivity contribution in [1.29, 1.82) is 0 Å². The Balaban J connectivity index is 2.28. The summed E-state index contributed by atoms with van der Waals surface area (Å²) in [6, 6.07) is 7.05. The van der Waals surface area contributed by atoms with Crippen LogP contribution in [0.5, 0.6) is 5.75 Å². The zero-order chi connectivity index (χ0) is 14.8. The molecule has 0 aliphatic carbocycles. The first-order valence-electron chi connectivity index (χ1n) is 6.86. The molecule has 1 rings (SSSR count). The van der Waals surface area contributed by atoms with Crippen molar-refractivity contribution in [3.63, 3.8) is 0 Å². The van der Waals surface area contributed by atoms with Crippen LogP contribution in [0.4, 0.5) is 0 Å². The van der Waals surface area contributed by atoms with Gasteiger partial charge in [0.25, 0.3) is 5.91 Å². The Kier molecular flexibility index (Phi) is 7.17. The number of amides is 1. The van der Waals surface area contributed by atoms with Gasteiger partial charge >= 0.3 is 5.97 Å². The molecule has 0 atom stereocenters. The van der Waals surface area contributed by atoms with Crippen molar-refractivity contribution in [2.24, 2.45) is 0 Å². The van der Waals surface area contributed by atoms with Crippen LogP contribution in [-0.2, 0) is 4.79 Å². The summed E-state index contributed by atoms with van der Waals surface area (Å²) in [6.45, 7) is 3.01. The van der Waals surface area contributed by atoms with E-state index < -0.39 is 5.97 Å². The van der Waals surface area contributed by atoms with Crippen LogP contribution >= 0.6 is 0 Å². The zero-order valence-corrected chi connectivity index (χ0v) is 11.7. The zero-order valence-electron chi connectivity index (χ0n) is 11.7. The van der Waals surface area contributed by atoms with Gasteiger partial charge in [0.15, 0.2) is 0 Å². The van der Waals surface area contributed by atoms with Crippen molar-refractivity contribution in [1.82, 2.24) is 5.32 Å². The minimum atomic E-state index is -0.776. The van der Waals surface area contributed by atoms with E-state index in [9.17, 15) is 9.59 Å². The smallest absolute Gasteiger partial charge is 0.303 e. The van der Waals surface area contributed by atoms with Crippen LogP contribution in [-0.4, -0.2) is 30.1 Å². The molecule has 1 amide bonds. The number of carbonyl (C=O) groups is 2. The fraction of sp³-hybridized carbons (Fsp3) is 0.467. The molecule has 0 radical (unpaired) electrons. The van der Waals surface area contributed by atoms with Crippen LogP contribution in [0.25, 0.3) is 0 Å². The molecular formula is C15H21NO4. The van der Waals surface area contributed by atoms with E-state index in [2.05, 4.69) is 5.32 Å². The molecule has 5 heteroatoms. The van der Waals surface area contributed by atoms with Gasteiger partial charge in [0, 0.05) is 18.5 Å². The average Bonchev–Trinajstić information content (AvgIpc) is 2.43. The van der Waals surface area contributed by atoms with Crippen LogP contribution in [0.15, 0.2) is 24.3 Å². The minimum Gasteiger partial charge on any atom is -0.494 e. The summed E-state index contributed by atoms with van der Waals surface area (Å²) in [6.07, 6.45) is 2.41. The Bertz CT molecular complexity index is 445. The van der Waals surface area contributed by atoms with E-state index in [1.165, 1.54) is 0 Å². The van der Waals surface area contributed by atoms with Crippen LogP contribution in [0.1, 0.15) is 43.0 Å². The Morgan fingerprint density at radius 1 is 1.25 bits per heavy atom. The molecule has 0 aromatic heterocycles. The highest BCUT2D eigenvalue weighted by molar-refractivity contribution is 5.94. The number of benzene rings is 1. The van der Waals surface area contributed by atoms with Gasteiger partial charge in [0.05, 0.1) is 6.61 Å². The number of ether oxygens (including phenoxy) is 1. The highest BCUT2D eigenvalue weighted by Crippen LogP contribution is 2.13. The predicted octanol–water partition coefficient (Wildman–Crippen LogP) is 2.46. The highest BCUT2D eigenvalue weighted by atomic mass is 16.5. The number of carbonyl (C=O) groups excluding carboxylic acids is 1. The van der Waals surface area contributed by atoms with Crippen molar-refractivity contribution < 1.29 is 19.4 Å². The first kappa shape index (κ1) is 16.0. The first-order valence-corrected chi connectivity index (χ1v) is 6.86. The number of carboxylic acids is 1. The normalized spacial score (nSPS) is 10.1. The van der Waals surface area contributed by atoms with E-state index in [1.54, 1.807) is 18.2 Å². The molecule has 0 saturated heterocycles. The van der Waals surface area contributed by atoms with Crippen LogP contribution in [0.2, 0.25) is 0 Å². The van der Waals surface area contributed by atoms with Gasteiger partial charge in [-0.05, 0) is 38.0 Å².